The average molecular weight is 250 g/mol. The SMILES string of the molecule is COc1ccc(-c2nn3cccnc3c2C#N)cc1. The lowest BCUT2D eigenvalue weighted by Crippen LogP contribution is -1.87. The molecule has 0 saturated carbocycles. The van der Waals surface area contributed by atoms with E-state index in [-0.39, 0.29) is 0 Å². The van der Waals surface area contributed by atoms with Gasteiger partial charge in [0.05, 0.1) is 7.11 Å². The number of nitriles is 1. The topological polar surface area (TPSA) is 63.2 Å². The molecule has 2 aromatic heterocycles. The van der Waals surface area contributed by atoms with Crippen molar-refractivity contribution in [2.45, 2.75) is 0 Å². The van der Waals surface area contributed by atoms with Gasteiger partial charge in [-0.2, -0.15) is 10.4 Å². The second kappa shape index (κ2) is 4.42. The molecule has 5 heteroatoms. The quantitative estimate of drug-likeness (QED) is 0.700. The van der Waals surface area contributed by atoms with Crippen molar-refractivity contribution in [3.63, 3.8) is 0 Å². The number of nitrogens with zero attached hydrogens (tertiary/aromatic N) is 4. The van der Waals surface area contributed by atoms with Crippen LogP contribution in [0, 0.1) is 11.3 Å². The Hall–Kier alpha value is -2.87. The van der Waals surface area contributed by atoms with Gasteiger partial charge in [0, 0.05) is 18.0 Å². The van der Waals surface area contributed by atoms with Gasteiger partial charge in [-0.25, -0.2) is 9.50 Å². The Morgan fingerprint density at radius 3 is 2.74 bits per heavy atom. The first-order valence-corrected chi connectivity index (χ1v) is 5.71. The van der Waals surface area contributed by atoms with Crippen molar-refractivity contribution in [2.75, 3.05) is 7.11 Å². The molecule has 0 saturated heterocycles. The fraction of sp³-hybridized carbons (Fsp3) is 0.0714. The Morgan fingerprint density at radius 2 is 2.05 bits per heavy atom. The van der Waals surface area contributed by atoms with Crippen LogP contribution in [0.5, 0.6) is 5.75 Å². The Bertz CT molecular complexity index is 768. The summed E-state index contributed by atoms with van der Waals surface area (Å²) in [5.41, 5.74) is 2.54. The average Bonchev–Trinajstić information content (AvgIpc) is 2.85. The standard InChI is InChI=1S/C14H10N4O/c1-19-11-5-3-10(4-6-11)13-12(9-15)14-16-7-2-8-18(14)17-13/h2-8H,1H3. The highest BCUT2D eigenvalue weighted by molar-refractivity contribution is 5.75. The molecule has 5 nitrogen and oxygen atoms in total. The Labute approximate surface area is 109 Å². The molecule has 0 atom stereocenters. The van der Waals surface area contributed by atoms with Crippen molar-refractivity contribution in [3.8, 4) is 23.1 Å². The fourth-order valence-corrected chi connectivity index (χ4v) is 1.94. The lowest BCUT2D eigenvalue weighted by atomic mass is 10.1. The minimum atomic E-state index is 0.478. The first-order chi connectivity index (χ1) is 9.33. The first kappa shape index (κ1) is 11.2. The number of methoxy groups -OCH3 is 1. The molecule has 0 N–H and O–H groups in total. The number of ether oxygens (including phenoxy) is 1. The monoisotopic (exact) mass is 250 g/mol. The van der Waals surface area contributed by atoms with E-state index >= 15 is 0 Å². The maximum atomic E-state index is 9.30. The van der Waals surface area contributed by atoms with Crippen LogP contribution in [0.4, 0.5) is 0 Å². The van der Waals surface area contributed by atoms with Gasteiger partial charge in [-0.15, -0.1) is 0 Å². The third-order valence-corrected chi connectivity index (χ3v) is 2.87. The van der Waals surface area contributed by atoms with Gasteiger partial charge < -0.3 is 4.74 Å². The summed E-state index contributed by atoms with van der Waals surface area (Å²) in [4.78, 5) is 4.19. The molecule has 0 aliphatic rings. The molecule has 3 rings (SSSR count). The molecule has 0 aliphatic carbocycles. The van der Waals surface area contributed by atoms with E-state index in [0.717, 1.165) is 11.3 Å². The van der Waals surface area contributed by atoms with Gasteiger partial charge in [0.1, 0.15) is 23.1 Å². The van der Waals surface area contributed by atoms with Gasteiger partial charge in [-0.05, 0) is 30.3 Å². The van der Waals surface area contributed by atoms with E-state index in [1.165, 1.54) is 0 Å². The van der Waals surface area contributed by atoms with Crippen LogP contribution in [0.3, 0.4) is 0 Å². The van der Waals surface area contributed by atoms with Crippen molar-refractivity contribution in [2.24, 2.45) is 0 Å². The number of benzene rings is 1. The highest BCUT2D eigenvalue weighted by Crippen LogP contribution is 2.26. The summed E-state index contributed by atoms with van der Waals surface area (Å²) >= 11 is 0. The third-order valence-electron chi connectivity index (χ3n) is 2.87. The van der Waals surface area contributed by atoms with Crippen molar-refractivity contribution in [1.29, 1.82) is 5.26 Å². The van der Waals surface area contributed by atoms with Crippen molar-refractivity contribution >= 4 is 5.65 Å². The molecule has 0 radical (unpaired) electrons. The van der Waals surface area contributed by atoms with E-state index in [9.17, 15) is 5.26 Å². The fourth-order valence-electron chi connectivity index (χ4n) is 1.94. The number of hydrogen-bond donors (Lipinski definition) is 0. The lowest BCUT2D eigenvalue weighted by Gasteiger charge is -2.00. The molecule has 2 heterocycles. The summed E-state index contributed by atoms with van der Waals surface area (Å²) in [6, 6.07) is 11.4. The van der Waals surface area contributed by atoms with Crippen LogP contribution >= 0.6 is 0 Å². The molecule has 3 aromatic rings. The Kier molecular flexibility index (Phi) is 2.62. The minimum absolute atomic E-state index is 0.478. The van der Waals surface area contributed by atoms with Gasteiger partial charge in [0.25, 0.3) is 0 Å². The van der Waals surface area contributed by atoms with Gasteiger partial charge in [-0.3, -0.25) is 0 Å². The van der Waals surface area contributed by atoms with E-state index in [0.29, 0.717) is 16.9 Å². The molecule has 0 bridgehead atoms. The van der Waals surface area contributed by atoms with Crippen molar-refractivity contribution < 1.29 is 4.74 Å². The van der Waals surface area contributed by atoms with Crippen LogP contribution in [0.1, 0.15) is 5.56 Å². The molecule has 0 aliphatic heterocycles. The molecule has 0 spiro atoms. The second-order valence-electron chi connectivity index (χ2n) is 3.95. The number of fused-ring (bicyclic) bond motifs is 1. The molecule has 92 valence electrons. The van der Waals surface area contributed by atoms with E-state index in [1.807, 2.05) is 24.3 Å². The lowest BCUT2D eigenvalue weighted by molar-refractivity contribution is 0.415. The molecule has 0 unspecified atom stereocenters. The maximum Gasteiger partial charge on any atom is 0.173 e. The summed E-state index contributed by atoms with van der Waals surface area (Å²) in [5.74, 6) is 0.768. The summed E-state index contributed by atoms with van der Waals surface area (Å²) in [5, 5.41) is 13.7. The van der Waals surface area contributed by atoms with Crippen LogP contribution in [-0.4, -0.2) is 21.7 Å². The first-order valence-electron chi connectivity index (χ1n) is 5.71. The van der Waals surface area contributed by atoms with E-state index in [2.05, 4.69) is 16.2 Å². The smallest absolute Gasteiger partial charge is 0.173 e. The zero-order valence-electron chi connectivity index (χ0n) is 10.2. The number of aromatic nitrogens is 3. The maximum absolute atomic E-state index is 9.30. The number of hydrogen-bond acceptors (Lipinski definition) is 4. The summed E-state index contributed by atoms with van der Waals surface area (Å²) < 4.78 is 6.73. The Morgan fingerprint density at radius 1 is 1.26 bits per heavy atom. The summed E-state index contributed by atoms with van der Waals surface area (Å²) in [6.07, 6.45) is 3.42. The highest BCUT2D eigenvalue weighted by Gasteiger charge is 2.14. The zero-order chi connectivity index (χ0) is 13.2. The van der Waals surface area contributed by atoms with E-state index in [4.69, 9.17) is 4.74 Å². The number of rotatable bonds is 2. The second-order valence-corrected chi connectivity index (χ2v) is 3.95. The zero-order valence-corrected chi connectivity index (χ0v) is 10.2. The van der Waals surface area contributed by atoms with E-state index in [1.54, 1.807) is 30.1 Å². The predicted octanol–water partition coefficient (Wildman–Crippen LogP) is 2.28. The molecular weight excluding hydrogens is 240 g/mol. The van der Waals surface area contributed by atoms with Gasteiger partial charge in [0.2, 0.25) is 0 Å². The van der Waals surface area contributed by atoms with Crippen LogP contribution in [0.2, 0.25) is 0 Å². The minimum Gasteiger partial charge on any atom is -0.497 e. The largest absolute Gasteiger partial charge is 0.497 e. The van der Waals surface area contributed by atoms with Crippen LogP contribution < -0.4 is 4.74 Å². The van der Waals surface area contributed by atoms with Crippen molar-refractivity contribution in [3.05, 3.63) is 48.3 Å². The van der Waals surface area contributed by atoms with E-state index < -0.39 is 0 Å². The van der Waals surface area contributed by atoms with Gasteiger partial charge >= 0.3 is 0 Å². The van der Waals surface area contributed by atoms with Gasteiger partial charge in [-0.1, -0.05) is 0 Å². The molecule has 0 amide bonds. The molecule has 0 fully saturated rings. The van der Waals surface area contributed by atoms with Crippen LogP contribution in [-0.2, 0) is 0 Å². The normalized spacial score (nSPS) is 10.3. The van der Waals surface area contributed by atoms with Crippen LogP contribution in [0.25, 0.3) is 16.9 Å². The molecule has 19 heavy (non-hydrogen) atoms. The molecule has 1 aromatic carbocycles. The van der Waals surface area contributed by atoms with Crippen molar-refractivity contribution in [1.82, 2.24) is 14.6 Å². The van der Waals surface area contributed by atoms with Crippen LogP contribution in [0.15, 0.2) is 42.7 Å². The predicted molar refractivity (Wildman–Crippen MR) is 69.7 cm³/mol. The summed E-state index contributed by atoms with van der Waals surface area (Å²) in [6.45, 7) is 0. The summed E-state index contributed by atoms with van der Waals surface area (Å²) in [7, 11) is 1.62. The molecular formula is C14H10N4O. The third kappa shape index (κ3) is 1.79. The highest BCUT2D eigenvalue weighted by atomic mass is 16.5. The Balaban J connectivity index is 2.21. The van der Waals surface area contributed by atoms with Gasteiger partial charge in [0.15, 0.2) is 5.65 Å².